The van der Waals surface area contributed by atoms with E-state index in [2.05, 4.69) is 13.0 Å². The fraction of sp³-hybridized carbons (Fsp3) is 0.562. The van der Waals surface area contributed by atoms with E-state index in [-0.39, 0.29) is 23.6 Å². The Morgan fingerprint density at radius 3 is 1.92 bits per heavy atom. The van der Waals surface area contributed by atoms with Gasteiger partial charge in [0, 0.05) is 25.4 Å². The molecule has 1 aromatic heterocycles. The molecule has 36 heavy (non-hydrogen) atoms. The minimum absolute atomic E-state index is 0.120. The zero-order valence-corrected chi connectivity index (χ0v) is 22.7. The molecular weight excluding hydrogens is 446 g/mol. The van der Waals surface area contributed by atoms with Gasteiger partial charge in [0.15, 0.2) is 11.5 Å². The zero-order chi connectivity index (χ0) is 25.8. The molecular formula is C32H47NO3. The number of pyridine rings is 1. The first-order valence-corrected chi connectivity index (χ1v) is 14.2. The molecule has 0 atom stereocenters. The van der Waals surface area contributed by atoms with Crippen LogP contribution in [-0.4, -0.2) is 10.4 Å². The Balaban J connectivity index is 1.66. The van der Waals surface area contributed by atoms with Crippen LogP contribution >= 0.6 is 0 Å². The Hall–Kier alpha value is -2.62. The molecule has 2 rings (SSSR count). The van der Waals surface area contributed by atoms with Crippen molar-refractivity contribution < 1.29 is 9.53 Å². The van der Waals surface area contributed by atoms with E-state index in [4.69, 9.17) is 4.74 Å². The normalized spacial score (nSPS) is 11.3. The fourth-order valence-corrected chi connectivity index (χ4v) is 4.51. The first-order valence-electron chi connectivity index (χ1n) is 14.2. The van der Waals surface area contributed by atoms with Crippen LogP contribution in [0.25, 0.3) is 6.20 Å². The number of aromatic nitrogens is 1. The zero-order valence-electron chi connectivity index (χ0n) is 22.7. The third-order valence-electron chi connectivity index (χ3n) is 6.63. The lowest BCUT2D eigenvalue weighted by atomic mass is 10.0. The largest absolute Gasteiger partial charge is 0.483 e. The van der Waals surface area contributed by atoms with E-state index < -0.39 is 0 Å². The van der Waals surface area contributed by atoms with Gasteiger partial charge in [-0.1, -0.05) is 127 Å². The molecule has 0 N–H and O–H groups in total. The van der Waals surface area contributed by atoms with Gasteiger partial charge in [-0.3, -0.25) is 9.59 Å². The Kier molecular flexibility index (Phi) is 15.3. The van der Waals surface area contributed by atoms with Gasteiger partial charge in [-0.05, 0) is 18.4 Å². The third-order valence-corrected chi connectivity index (χ3v) is 6.63. The average Bonchev–Trinajstić information content (AvgIpc) is 2.88. The van der Waals surface area contributed by atoms with Crippen molar-refractivity contribution in [1.82, 2.24) is 4.57 Å². The number of benzene rings is 1. The highest BCUT2D eigenvalue weighted by Crippen LogP contribution is 2.17. The van der Waals surface area contributed by atoms with Gasteiger partial charge in [-0.25, -0.2) is 0 Å². The molecule has 1 heterocycles. The number of ketones is 1. The maximum Gasteiger partial charge on any atom is 0.224 e. The van der Waals surface area contributed by atoms with Gasteiger partial charge in [0.25, 0.3) is 0 Å². The molecule has 0 fully saturated rings. The minimum Gasteiger partial charge on any atom is -0.483 e. The Morgan fingerprint density at radius 1 is 0.806 bits per heavy atom. The van der Waals surface area contributed by atoms with Gasteiger partial charge in [0.05, 0.1) is 0 Å². The summed E-state index contributed by atoms with van der Waals surface area (Å²) >= 11 is 0. The van der Waals surface area contributed by atoms with Crippen molar-refractivity contribution in [3.63, 3.8) is 0 Å². The highest BCUT2D eigenvalue weighted by atomic mass is 16.5. The highest BCUT2D eigenvalue weighted by molar-refractivity contribution is 5.95. The number of hydrogen-bond acceptors (Lipinski definition) is 3. The minimum atomic E-state index is -0.271. The van der Waals surface area contributed by atoms with Gasteiger partial charge in [0.2, 0.25) is 5.43 Å². The van der Waals surface area contributed by atoms with Crippen LogP contribution in [0.5, 0.6) is 5.75 Å². The lowest BCUT2D eigenvalue weighted by molar-refractivity contribution is 0.100. The maximum absolute atomic E-state index is 12.4. The van der Waals surface area contributed by atoms with E-state index in [9.17, 15) is 9.59 Å². The number of hydrogen-bond donors (Lipinski definition) is 0. The predicted molar refractivity (Wildman–Crippen MR) is 152 cm³/mol. The number of nitrogens with zero attached hydrogens (tertiary/aromatic N) is 1. The lowest BCUT2D eigenvalue weighted by Gasteiger charge is -2.13. The number of allylic oxidation sites excluding steroid dienone is 1. The van der Waals surface area contributed by atoms with Gasteiger partial charge in [-0.2, -0.15) is 0 Å². The van der Waals surface area contributed by atoms with Gasteiger partial charge in [-0.15, -0.1) is 0 Å². The molecule has 0 radical (unpaired) electrons. The molecule has 0 bridgehead atoms. The molecule has 0 unspecified atom stereocenters. The topological polar surface area (TPSA) is 48.3 Å². The van der Waals surface area contributed by atoms with Crippen LogP contribution in [0.3, 0.4) is 0 Å². The van der Waals surface area contributed by atoms with Crippen molar-refractivity contribution in [2.75, 3.05) is 0 Å². The fourth-order valence-electron chi connectivity index (χ4n) is 4.51. The second-order valence-electron chi connectivity index (χ2n) is 9.87. The number of ether oxygens (including phenoxy) is 1. The smallest absolute Gasteiger partial charge is 0.224 e. The first kappa shape index (κ1) is 29.6. The second kappa shape index (κ2) is 18.6. The van der Waals surface area contributed by atoms with E-state index in [1.54, 1.807) is 10.8 Å². The Labute approximate surface area is 218 Å². The predicted octanol–water partition coefficient (Wildman–Crippen LogP) is 8.97. The summed E-state index contributed by atoms with van der Waals surface area (Å²) in [6.07, 6.45) is 25.5. The number of rotatable bonds is 20. The van der Waals surface area contributed by atoms with Crippen LogP contribution in [0.4, 0.5) is 0 Å². The van der Waals surface area contributed by atoms with E-state index in [1.165, 1.54) is 96.5 Å². The Bertz CT molecular complexity index is 946. The molecule has 1 aromatic carbocycles. The third kappa shape index (κ3) is 11.9. The van der Waals surface area contributed by atoms with Gasteiger partial charge >= 0.3 is 0 Å². The van der Waals surface area contributed by atoms with Crippen molar-refractivity contribution in [2.45, 2.75) is 117 Å². The number of Topliss-reactive ketones (excluding diaryl/α,β-unsaturated/α-hetero) is 1. The summed E-state index contributed by atoms with van der Waals surface area (Å²) in [5.41, 5.74) is 0.985. The van der Waals surface area contributed by atoms with Gasteiger partial charge in [0.1, 0.15) is 12.3 Å². The SMILES string of the molecule is CCCCCCCCCCCCCCCCC=Cn1ccc(=O)c(OCc2ccccc2)c1C(C)=O. The van der Waals surface area contributed by atoms with Crippen LogP contribution in [0.1, 0.15) is 126 Å². The summed E-state index contributed by atoms with van der Waals surface area (Å²) in [5.74, 6) is -0.0631. The van der Waals surface area contributed by atoms with Crippen molar-refractivity contribution in [3.05, 3.63) is 70.2 Å². The molecule has 0 aliphatic rings. The van der Waals surface area contributed by atoms with Crippen molar-refractivity contribution in [2.24, 2.45) is 0 Å². The molecule has 4 nitrogen and oxygen atoms in total. The van der Waals surface area contributed by atoms with Crippen LogP contribution in [-0.2, 0) is 6.61 Å². The second-order valence-corrected chi connectivity index (χ2v) is 9.87. The van der Waals surface area contributed by atoms with E-state index >= 15 is 0 Å². The molecule has 0 aliphatic heterocycles. The van der Waals surface area contributed by atoms with Crippen molar-refractivity contribution in [1.29, 1.82) is 0 Å². The maximum atomic E-state index is 12.4. The molecule has 2 aromatic rings. The summed E-state index contributed by atoms with van der Waals surface area (Å²) in [6, 6.07) is 11.1. The van der Waals surface area contributed by atoms with E-state index in [1.807, 2.05) is 36.5 Å². The summed E-state index contributed by atoms with van der Waals surface area (Å²) < 4.78 is 7.52. The molecule has 0 spiro atoms. The van der Waals surface area contributed by atoms with Crippen LogP contribution in [0.15, 0.2) is 53.5 Å². The average molecular weight is 494 g/mol. The first-order chi connectivity index (χ1) is 17.6. The quantitative estimate of drug-likeness (QED) is 0.137. The lowest BCUT2D eigenvalue weighted by Crippen LogP contribution is -2.17. The molecule has 0 aliphatic carbocycles. The van der Waals surface area contributed by atoms with Crippen LogP contribution in [0, 0.1) is 0 Å². The Morgan fingerprint density at radius 2 is 1.36 bits per heavy atom. The number of unbranched alkanes of at least 4 members (excludes halogenated alkanes) is 14. The van der Waals surface area contributed by atoms with Crippen LogP contribution < -0.4 is 10.2 Å². The van der Waals surface area contributed by atoms with Crippen LogP contribution in [0.2, 0.25) is 0 Å². The van der Waals surface area contributed by atoms with E-state index in [0.717, 1.165) is 18.4 Å². The highest BCUT2D eigenvalue weighted by Gasteiger charge is 2.16. The molecule has 198 valence electrons. The summed E-state index contributed by atoms with van der Waals surface area (Å²) in [4.78, 5) is 24.8. The summed E-state index contributed by atoms with van der Waals surface area (Å²) in [6.45, 7) is 4.00. The summed E-state index contributed by atoms with van der Waals surface area (Å²) in [7, 11) is 0. The molecule has 0 saturated heterocycles. The van der Waals surface area contributed by atoms with Gasteiger partial charge < -0.3 is 9.30 Å². The molecule has 4 heteroatoms. The van der Waals surface area contributed by atoms with E-state index in [0.29, 0.717) is 5.69 Å². The molecule has 0 saturated carbocycles. The molecule has 0 amide bonds. The van der Waals surface area contributed by atoms with Crippen molar-refractivity contribution in [3.8, 4) is 5.75 Å². The standard InChI is InChI=1S/C32H47NO3/c1-3-4-5-6-7-8-9-10-11-12-13-14-15-16-17-21-25-33-26-24-30(35)32(31(33)28(2)34)36-27-29-22-19-18-20-23-29/h18-26H,3-17,27H2,1-2H3. The monoisotopic (exact) mass is 493 g/mol. The summed E-state index contributed by atoms with van der Waals surface area (Å²) in [5, 5.41) is 0. The van der Waals surface area contributed by atoms with Crippen molar-refractivity contribution >= 4 is 12.0 Å². The number of carbonyl (C=O) groups excluding carboxylic acids is 1. The number of carbonyl (C=O) groups is 1.